The Bertz CT molecular complexity index is 1490. The number of carbonyl (C=O) groups excluding carboxylic acids is 2. The molecule has 4 rings (SSSR count). The minimum atomic E-state index is -3.82. The van der Waals surface area contributed by atoms with Crippen molar-refractivity contribution in [2.24, 2.45) is 0 Å². The first-order chi connectivity index (χ1) is 20.0. The fraction of sp³-hybridized carbons (Fsp3) is 0.394. The van der Waals surface area contributed by atoms with Crippen LogP contribution in [0.4, 0.5) is 5.69 Å². The van der Waals surface area contributed by atoms with Crippen LogP contribution in [0.5, 0.6) is 0 Å². The summed E-state index contributed by atoms with van der Waals surface area (Å²) >= 11 is 3.52. The highest BCUT2D eigenvalue weighted by molar-refractivity contribution is 9.10. The quantitative estimate of drug-likeness (QED) is 0.278. The molecule has 2 amide bonds. The van der Waals surface area contributed by atoms with Crippen molar-refractivity contribution in [3.8, 4) is 0 Å². The maximum Gasteiger partial charge on any atom is 0.244 e. The van der Waals surface area contributed by atoms with Crippen molar-refractivity contribution in [2.45, 2.75) is 71.0 Å². The number of sulfonamides is 1. The average Bonchev–Trinajstić information content (AvgIpc) is 2.95. The van der Waals surface area contributed by atoms with E-state index in [0.29, 0.717) is 12.1 Å². The van der Waals surface area contributed by atoms with Crippen molar-refractivity contribution in [1.82, 2.24) is 10.2 Å². The maximum atomic E-state index is 14.3. The van der Waals surface area contributed by atoms with E-state index >= 15 is 0 Å². The van der Waals surface area contributed by atoms with Crippen molar-refractivity contribution in [1.29, 1.82) is 0 Å². The van der Waals surface area contributed by atoms with Crippen molar-refractivity contribution in [2.75, 3.05) is 17.1 Å². The number of amides is 2. The highest BCUT2D eigenvalue weighted by Crippen LogP contribution is 2.26. The number of aryl methyl sites for hydroxylation is 1. The molecular formula is C33H40BrN3O4S. The molecule has 1 N–H and O–H groups in total. The molecule has 0 aromatic heterocycles. The van der Waals surface area contributed by atoms with Crippen molar-refractivity contribution >= 4 is 43.5 Å². The van der Waals surface area contributed by atoms with Crippen molar-refractivity contribution in [3.63, 3.8) is 0 Å². The lowest BCUT2D eigenvalue weighted by atomic mass is 9.94. The number of rotatable bonds is 11. The Hall–Kier alpha value is -3.17. The molecular weight excluding hydrogens is 614 g/mol. The number of hydrogen-bond acceptors (Lipinski definition) is 4. The number of hydrogen-bond donors (Lipinski definition) is 1. The van der Waals surface area contributed by atoms with E-state index in [1.165, 1.54) is 0 Å². The van der Waals surface area contributed by atoms with Gasteiger partial charge in [-0.3, -0.25) is 13.9 Å². The van der Waals surface area contributed by atoms with Gasteiger partial charge in [0.1, 0.15) is 12.6 Å². The Kier molecular flexibility index (Phi) is 10.8. The summed E-state index contributed by atoms with van der Waals surface area (Å²) < 4.78 is 28.2. The van der Waals surface area contributed by atoms with Gasteiger partial charge in [-0.15, -0.1) is 0 Å². The normalized spacial score (nSPS) is 14.7. The van der Waals surface area contributed by atoms with Gasteiger partial charge >= 0.3 is 0 Å². The molecule has 1 unspecified atom stereocenters. The van der Waals surface area contributed by atoms with Crippen LogP contribution in [-0.4, -0.2) is 50.0 Å². The first-order valence-corrected chi connectivity index (χ1v) is 17.1. The molecule has 224 valence electrons. The number of nitrogens with zero attached hydrogens (tertiary/aromatic N) is 2. The molecule has 0 saturated heterocycles. The van der Waals surface area contributed by atoms with E-state index in [2.05, 4.69) is 21.2 Å². The van der Waals surface area contributed by atoms with Gasteiger partial charge in [0, 0.05) is 23.5 Å². The molecule has 9 heteroatoms. The van der Waals surface area contributed by atoms with Crippen LogP contribution in [0, 0.1) is 13.8 Å². The van der Waals surface area contributed by atoms with Gasteiger partial charge in [0.25, 0.3) is 0 Å². The molecule has 0 heterocycles. The van der Waals surface area contributed by atoms with Crippen molar-refractivity contribution in [3.05, 3.63) is 99.5 Å². The molecule has 3 aromatic rings. The van der Waals surface area contributed by atoms with Gasteiger partial charge in [0.15, 0.2) is 0 Å². The van der Waals surface area contributed by atoms with Gasteiger partial charge in [-0.25, -0.2) is 8.42 Å². The largest absolute Gasteiger partial charge is 0.352 e. The lowest BCUT2D eigenvalue weighted by molar-refractivity contribution is -0.140. The first-order valence-electron chi connectivity index (χ1n) is 14.4. The molecule has 0 spiro atoms. The lowest BCUT2D eigenvalue weighted by Gasteiger charge is -2.35. The van der Waals surface area contributed by atoms with Gasteiger partial charge in [0.05, 0.1) is 11.9 Å². The average molecular weight is 655 g/mol. The number of halogens is 1. The number of carbonyl (C=O) groups is 2. The zero-order chi connectivity index (χ0) is 30.3. The van der Waals surface area contributed by atoms with E-state index in [1.54, 1.807) is 17.0 Å². The van der Waals surface area contributed by atoms with Crippen LogP contribution in [0.2, 0.25) is 0 Å². The van der Waals surface area contributed by atoms with Crippen LogP contribution < -0.4 is 9.62 Å². The molecule has 1 aliphatic rings. The second-order valence-electron chi connectivity index (χ2n) is 11.2. The van der Waals surface area contributed by atoms with Crippen LogP contribution in [-0.2, 0) is 32.6 Å². The minimum absolute atomic E-state index is 0.0646. The third kappa shape index (κ3) is 8.44. The summed E-state index contributed by atoms with van der Waals surface area (Å²) in [5.74, 6) is -0.659. The second kappa shape index (κ2) is 14.3. The summed E-state index contributed by atoms with van der Waals surface area (Å²) in [6, 6.07) is 21.9. The highest BCUT2D eigenvalue weighted by atomic mass is 79.9. The second-order valence-corrected chi connectivity index (χ2v) is 14.0. The van der Waals surface area contributed by atoms with Gasteiger partial charge in [0.2, 0.25) is 21.8 Å². The van der Waals surface area contributed by atoms with Crippen LogP contribution in [0.1, 0.15) is 54.4 Å². The van der Waals surface area contributed by atoms with E-state index in [-0.39, 0.29) is 18.5 Å². The first kappa shape index (κ1) is 31.8. The molecule has 7 nitrogen and oxygen atoms in total. The Morgan fingerprint density at radius 1 is 0.929 bits per heavy atom. The lowest BCUT2D eigenvalue weighted by Crippen LogP contribution is -2.55. The van der Waals surface area contributed by atoms with Crippen LogP contribution >= 0.6 is 15.9 Å². The van der Waals surface area contributed by atoms with Crippen LogP contribution in [0.25, 0.3) is 0 Å². The Morgan fingerprint density at radius 3 is 2.26 bits per heavy atom. The number of nitrogens with one attached hydrogen (secondary N) is 1. The highest BCUT2D eigenvalue weighted by Gasteiger charge is 2.34. The van der Waals surface area contributed by atoms with Gasteiger partial charge in [-0.05, 0) is 67.1 Å². The van der Waals surface area contributed by atoms with Crippen LogP contribution in [0.3, 0.4) is 0 Å². The fourth-order valence-corrected chi connectivity index (χ4v) is 6.88. The molecule has 0 bridgehead atoms. The summed E-state index contributed by atoms with van der Waals surface area (Å²) in [4.78, 5) is 29.9. The third-order valence-electron chi connectivity index (χ3n) is 7.99. The molecule has 42 heavy (non-hydrogen) atoms. The van der Waals surface area contributed by atoms with Gasteiger partial charge in [-0.2, -0.15) is 0 Å². The van der Waals surface area contributed by atoms with E-state index in [0.717, 1.165) is 69.4 Å². The molecule has 0 aliphatic heterocycles. The SMILES string of the molecule is Cc1cccc(N(CC(=O)N(Cc2cccc(Br)c2)C(Cc2ccccc2)C(=O)NC2CCCCC2)S(C)(=O)=O)c1C. The predicted octanol–water partition coefficient (Wildman–Crippen LogP) is 5.92. The Morgan fingerprint density at radius 2 is 1.60 bits per heavy atom. The molecule has 1 fully saturated rings. The summed E-state index contributed by atoms with van der Waals surface area (Å²) in [5.41, 5.74) is 3.92. The summed E-state index contributed by atoms with van der Waals surface area (Å²) in [6.45, 7) is 3.49. The molecule has 3 aromatic carbocycles. The zero-order valence-corrected chi connectivity index (χ0v) is 27.0. The summed E-state index contributed by atoms with van der Waals surface area (Å²) in [7, 11) is -3.82. The summed E-state index contributed by atoms with van der Waals surface area (Å²) in [6.07, 6.45) is 6.53. The topological polar surface area (TPSA) is 86.8 Å². The van der Waals surface area contributed by atoms with E-state index in [1.807, 2.05) is 74.5 Å². The maximum absolute atomic E-state index is 14.3. The molecule has 0 radical (unpaired) electrons. The molecule has 1 aliphatic carbocycles. The standard InChI is InChI=1S/C33H40BrN3O4S/c1-24-12-10-19-30(25(24)2)37(42(3,40)41)23-32(38)36(22-27-15-11-16-28(34)20-27)31(21-26-13-6-4-7-14-26)33(39)35-29-17-8-5-9-18-29/h4,6-7,10-16,19-20,29,31H,5,8-9,17-18,21-23H2,1-3H3,(H,35,39). The smallest absolute Gasteiger partial charge is 0.244 e. The molecule has 1 saturated carbocycles. The number of anilines is 1. The molecule has 1 atom stereocenters. The van der Waals surface area contributed by atoms with Crippen molar-refractivity contribution < 1.29 is 18.0 Å². The monoisotopic (exact) mass is 653 g/mol. The summed E-state index contributed by atoms with van der Waals surface area (Å²) in [5, 5.41) is 3.23. The van der Waals surface area contributed by atoms with E-state index in [9.17, 15) is 18.0 Å². The Balaban J connectivity index is 1.74. The predicted molar refractivity (Wildman–Crippen MR) is 172 cm³/mol. The minimum Gasteiger partial charge on any atom is -0.352 e. The van der Waals surface area contributed by atoms with Gasteiger partial charge in [-0.1, -0.05) is 89.8 Å². The van der Waals surface area contributed by atoms with Gasteiger partial charge < -0.3 is 10.2 Å². The third-order valence-corrected chi connectivity index (χ3v) is 9.61. The fourth-order valence-electron chi connectivity index (χ4n) is 5.53. The number of benzene rings is 3. The zero-order valence-electron chi connectivity index (χ0n) is 24.6. The van der Waals surface area contributed by atoms with E-state index in [4.69, 9.17) is 0 Å². The Labute approximate surface area is 258 Å². The van der Waals surface area contributed by atoms with Crippen LogP contribution in [0.15, 0.2) is 77.3 Å². The van der Waals surface area contributed by atoms with E-state index < -0.39 is 28.5 Å².